The second-order valence-corrected chi connectivity index (χ2v) is 8.89. The Balaban J connectivity index is 1.25. The van der Waals surface area contributed by atoms with Crippen molar-refractivity contribution in [1.82, 2.24) is 16.0 Å². The van der Waals surface area contributed by atoms with Crippen LogP contribution < -0.4 is 16.0 Å². The van der Waals surface area contributed by atoms with E-state index in [1.807, 2.05) is 24.3 Å². The molecule has 0 aliphatic heterocycles. The van der Waals surface area contributed by atoms with Crippen molar-refractivity contribution in [3.05, 3.63) is 59.7 Å². The first-order chi connectivity index (χ1) is 16.9. The second-order valence-electron chi connectivity index (χ2n) is 8.89. The number of benzene rings is 2. The summed E-state index contributed by atoms with van der Waals surface area (Å²) >= 11 is 0. The Morgan fingerprint density at radius 1 is 0.857 bits per heavy atom. The molecule has 4 rings (SSSR count). The maximum absolute atomic E-state index is 12.5. The highest BCUT2D eigenvalue weighted by Crippen LogP contribution is 2.44. The van der Waals surface area contributed by atoms with Gasteiger partial charge in [0.25, 0.3) is 0 Å². The third-order valence-electron chi connectivity index (χ3n) is 6.71. The first-order valence-corrected chi connectivity index (χ1v) is 11.8. The van der Waals surface area contributed by atoms with Gasteiger partial charge in [-0.1, -0.05) is 55.0 Å². The van der Waals surface area contributed by atoms with Gasteiger partial charge in [-0.25, -0.2) is 4.79 Å². The lowest BCUT2D eigenvalue weighted by atomic mass is 9.95. The van der Waals surface area contributed by atoms with E-state index in [1.165, 1.54) is 0 Å². The maximum Gasteiger partial charge on any atom is 0.407 e. The zero-order chi connectivity index (χ0) is 24.8. The Labute approximate surface area is 203 Å². The zero-order valence-electron chi connectivity index (χ0n) is 19.3. The largest absolute Gasteiger partial charge is 0.480 e. The van der Waals surface area contributed by atoms with Crippen LogP contribution in [0.1, 0.15) is 36.3 Å². The fourth-order valence-corrected chi connectivity index (χ4v) is 5.03. The summed E-state index contributed by atoms with van der Waals surface area (Å²) in [7, 11) is 0. The number of nitrogens with one attached hydrogen (secondary N) is 3. The Kier molecular flexibility index (Phi) is 7.64. The lowest BCUT2D eigenvalue weighted by Gasteiger charge is -2.20. The van der Waals surface area contributed by atoms with Crippen molar-refractivity contribution in [2.24, 2.45) is 11.8 Å². The molecule has 2 aromatic carbocycles. The molecule has 4 N–H and O–H groups in total. The van der Waals surface area contributed by atoms with Crippen LogP contribution in [0.3, 0.4) is 0 Å². The van der Waals surface area contributed by atoms with Crippen LogP contribution in [-0.4, -0.2) is 55.2 Å². The van der Waals surface area contributed by atoms with Gasteiger partial charge in [0.2, 0.25) is 11.8 Å². The van der Waals surface area contributed by atoms with Crippen LogP contribution in [0.15, 0.2) is 48.5 Å². The van der Waals surface area contributed by atoms with Gasteiger partial charge in [-0.15, -0.1) is 0 Å². The maximum atomic E-state index is 12.5. The molecule has 0 bridgehead atoms. The van der Waals surface area contributed by atoms with E-state index in [2.05, 4.69) is 40.2 Å². The fourth-order valence-electron chi connectivity index (χ4n) is 5.03. The highest BCUT2D eigenvalue weighted by Gasteiger charge is 2.34. The summed E-state index contributed by atoms with van der Waals surface area (Å²) in [6.07, 6.45) is 1.78. The first-order valence-electron chi connectivity index (χ1n) is 11.8. The molecular formula is C26H29N3O6. The van der Waals surface area contributed by atoms with Crippen molar-refractivity contribution in [3.63, 3.8) is 0 Å². The van der Waals surface area contributed by atoms with Gasteiger partial charge in [0.1, 0.15) is 13.2 Å². The summed E-state index contributed by atoms with van der Waals surface area (Å²) < 4.78 is 5.57. The molecule has 35 heavy (non-hydrogen) atoms. The van der Waals surface area contributed by atoms with Gasteiger partial charge >= 0.3 is 12.1 Å². The number of hydrogen-bond acceptors (Lipinski definition) is 5. The van der Waals surface area contributed by atoms with Gasteiger partial charge in [0.15, 0.2) is 0 Å². The number of carboxylic acid groups (broad SMARTS) is 1. The summed E-state index contributed by atoms with van der Waals surface area (Å²) in [5.41, 5.74) is 4.60. The summed E-state index contributed by atoms with van der Waals surface area (Å²) in [6, 6.07) is 16.3. The molecule has 0 heterocycles. The third kappa shape index (κ3) is 5.79. The Hall–Kier alpha value is -3.88. The average Bonchev–Trinajstić information content (AvgIpc) is 3.46. The van der Waals surface area contributed by atoms with Crippen molar-refractivity contribution in [1.29, 1.82) is 0 Å². The molecule has 9 nitrogen and oxygen atoms in total. The van der Waals surface area contributed by atoms with E-state index in [0.717, 1.165) is 35.1 Å². The molecule has 184 valence electrons. The molecule has 0 spiro atoms. The number of rotatable bonds is 9. The highest BCUT2D eigenvalue weighted by atomic mass is 16.5. The van der Waals surface area contributed by atoms with Gasteiger partial charge < -0.3 is 25.8 Å². The molecule has 0 radical (unpaired) electrons. The van der Waals surface area contributed by atoms with Crippen molar-refractivity contribution >= 4 is 23.9 Å². The summed E-state index contributed by atoms with van der Waals surface area (Å²) in [6.45, 7) is -0.250. The number of carboxylic acids is 1. The standard InChI is InChI=1S/C26H29N3O6/c30-23(27-14-24(31)32)13-28-25(33)17-11-5-6-16(17)12-29-26(34)35-15-22-20-9-3-1-7-18(20)19-8-2-4-10-21(19)22/h1-4,7-10,16-17,22H,5-6,11-15H2,(H,27,30)(H,28,33)(H,29,34)(H,31,32)/t16-,17-/m0/s1. The van der Waals surface area contributed by atoms with Crippen molar-refractivity contribution < 1.29 is 29.0 Å². The van der Waals surface area contributed by atoms with E-state index in [-0.39, 0.29) is 36.8 Å². The Morgan fingerprint density at radius 3 is 2.17 bits per heavy atom. The average molecular weight is 480 g/mol. The van der Waals surface area contributed by atoms with Crippen LogP contribution in [-0.2, 0) is 19.1 Å². The number of alkyl carbamates (subject to hydrolysis) is 1. The summed E-state index contributed by atoms with van der Waals surface area (Å²) in [4.78, 5) is 47.1. The normalized spacial score (nSPS) is 18.3. The summed E-state index contributed by atoms with van der Waals surface area (Å²) in [5, 5.41) is 16.1. The zero-order valence-corrected chi connectivity index (χ0v) is 19.3. The Bertz CT molecular complexity index is 1070. The number of carbonyl (C=O) groups excluding carboxylic acids is 3. The second kappa shape index (κ2) is 11.0. The van der Waals surface area contributed by atoms with Crippen LogP contribution in [0.5, 0.6) is 0 Å². The van der Waals surface area contributed by atoms with Crippen LogP contribution in [0.4, 0.5) is 4.79 Å². The van der Waals surface area contributed by atoms with E-state index in [0.29, 0.717) is 13.0 Å². The summed E-state index contributed by atoms with van der Waals surface area (Å²) in [5.74, 6) is -2.39. The topological polar surface area (TPSA) is 134 Å². The number of carbonyl (C=O) groups is 4. The van der Waals surface area contributed by atoms with E-state index in [1.54, 1.807) is 0 Å². The van der Waals surface area contributed by atoms with Gasteiger partial charge in [-0.2, -0.15) is 0 Å². The lowest BCUT2D eigenvalue weighted by Crippen LogP contribution is -2.43. The molecule has 0 aromatic heterocycles. The van der Waals surface area contributed by atoms with Gasteiger partial charge in [-0.3, -0.25) is 14.4 Å². The number of hydrogen-bond donors (Lipinski definition) is 4. The van der Waals surface area contributed by atoms with Crippen LogP contribution in [0.25, 0.3) is 11.1 Å². The molecule has 1 fully saturated rings. The molecule has 2 aromatic rings. The molecule has 2 aliphatic rings. The first kappa shape index (κ1) is 24.3. The predicted octanol–water partition coefficient (Wildman–Crippen LogP) is 2.26. The minimum absolute atomic E-state index is 0.0227. The molecule has 9 heteroatoms. The van der Waals surface area contributed by atoms with Crippen molar-refractivity contribution in [2.75, 3.05) is 26.2 Å². The van der Waals surface area contributed by atoms with Crippen LogP contribution in [0.2, 0.25) is 0 Å². The van der Waals surface area contributed by atoms with Crippen molar-refractivity contribution in [3.8, 4) is 11.1 Å². The molecule has 1 saturated carbocycles. The molecule has 0 saturated heterocycles. The van der Waals surface area contributed by atoms with E-state index in [4.69, 9.17) is 9.84 Å². The monoisotopic (exact) mass is 479 g/mol. The quantitative estimate of drug-likeness (QED) is 0.436. The van der Waals surface area contributed by atoms with Gasteiger partial charge in [-0.05, 0) is 41.0 Å². The lowest BCUT2D eigenvalue weighted by molar-refractivity contribution is -0.137. The van der Waals surface area contributed by atoms with Crippen LogP contribution >= 0.6 is 0 Å². The van der Waals surface area contributed by atoms with Crippen molar-refractivity contribution in [2.45, 2.75) is 25.2 Å². The Morgan fingerprint density at radius 2 is 1.51 bits per heavy atom. The minimum Gasteiger partial charge on any atom is -0.480 e. The molecule has 3 amide bonds. The SMILES string of the molecule is O=C(O)CNC(=O)CNC(=O)[C@H]1CCC[C@H]1CNC(=O)OCC1c2ccccc2-c2ccccc21. The molecule has 2 aliphatic carbocycles. The molecule has 0 unspecified atom stereocenters. The number of ether oxygens (including phenoxy) is 1. The molecule has 2 atom stereocenters. The van der Waals surface area contributed by atoms with E-state index in [9.17, 15) is 19.2 Å². The fraction of sp³-hybridized carbons (Fsp3) is 0.385. The number of aliphatic carboxylic acids is 1. The minimum atomic E-state index is -1.15. The van der Waals surface area contributed by atoms with E-state index < -0.39 is 24.5 Å². The van der Waals surface area contributed by atoms with Gasteiger partial charge in [0, 0.05) is 18.4 Å². The number of amides is 3. The van der Waals surface area contributed by atoms with E-state index >= 15 is 0 Å². The number of fused-ring (bicyclic) bond motifs is 3. The smallest absolute Gasteiger partial charge is 0.407 e. The highest BCUT2D eigenvalue weighted by molar-refractivity contribution is 5.87. The third-order valence-corrected chi connectivity index (χ3v) is 6.71. The van der Waals surface area contributed by atoms with Gasteiger partial charge in [0.05, 0.1) is 6.54 Å². The van der Waals surface area contributed by atoms with Crippen LogP contribution in [0, 0.1) is 11.8 Å². The predicted molar refractivity (Wildman–Crippen MR) is 128 cm³/mol. The molecular weight excluding hydrogens is 450 g/mol.